The Balaban J connectivity index is 2.23. The highest BCUT2D eigenvalue weighted by Gasteiger charge is 2.15. The Labute approximate surface area is 57.3 Å². The summed E-state index contributed by atoms with van der Waals surface area (Å²) in [6.07, 6.45) is 1.62. The Morgan fingerprint density at radius 2 is 2.38 bits per heavy atom. The summed E-state index contributed by atoms with van der Waals surface area (Å²) in [5, 5.41) is 9.02. The summed E-state index contributed by atoms with van der Waals surface area (Å²) < 4.78 is 5.25. The van der Waals surface area contributed by atoms with Crippen molar-refractivity contribution >= 4 is 16.3 Å². The van der Waals surface area contributed by atoms with Gasteiger partial charge in [0.05, 0.1) is 6.10 Å². The van der Waals surface area contributed by atoms with Crippen LogP contribution in [0.25, 0.3) is 0 Å². The van der Waals surface area contributed by atoms with E-state index in [0.29, 0.717) is 4.97 Å². The van der Waals surface area contributed by atoms with Gasteiger partial charge in [-0.2, -0.15) is 0 Å². The first-order valence-corrected chi connectivity index (χ1v) is 4.24. The summed E-state index contributed by atoms with van der Waals surface area (Å²) in [6.45, 7) is 0.759. The van der Waals surface area contributed by atoms with Gasteiger partial charge in [0.2, 0.25) is 0 Å². The molecule has 0 bridgehead atoms. The van der Waals surface area contributed by atoms with E-state index in [9.17, 15) is 0 Å². The maximum atomic E-state index is 9.02. The predicted octanol–water partition coefficient (Wildman–Crippen LogP) is -0.883. The zero-order valence-corrected chi connectivity index (χ0v) is 7.13. The van der Waals surface area contributed by atoms with E-state index in [-0.39, 0.29) is 6.10 Å². The smallest absolute Gasteiger partial charge is 0.259 e. The van der Waals surface area contributed by atoms with Crippen LogP contribution in [0.15, 0.2) is 0 Å². The van der Waals surface area contributed by atoms with Gasteiger partial charge < -0.3 is 9.84 Å². The first kappa shape index (κ1) is 6.57. The summed E-state index contributed by atoms with van der Waals surface area (Å²) in [6, 6.07) is 0. The van der Waals surface area contributed by atoms with Gasteiger partial charge >= 0.3 is 0 Å². The van der Waals surface area contributed by atoms with Gasteiger partial charge in [-0.15, -0.1) is 0 Å². The van der Waals surface area contributed by atoms with Crippen LogP contribution in [0.4, 0.5) is 0 Å². The fraction of sp³-hybridized carbons (Fsp3) is 1.00. The minimum Gasteiger partial charge on any atom is -0.394 e. The quantitative estimate of drug-likeness (QED) is 0.431. The lowest BCUT2D eigenvalue weighted by Crippen LogP contribution is -2.28. The van der Waals surface area contributed by atoms with E-state index in [1.807, 2.05) is 0 Å². The molecule has 0 aromatic carbocycles. The largest absolute Gasteiger partial charge is 0.394 e. The highest BCUT2D eigenvalue weighted by molar-refractivity contribution is 6.11. The lowest BCUT2D eigenvalue weighted by atomic mass is 10.2. The molecule has 1 aliphatic rings. The maximum absolute atomic E-state index is 9.02. The van der Waals surface area contributed by atoms with Crippen LogP contribution in [0.1, 0.15) is 12.8 Å². The lowest BCUT2D eigenvalue weighted by Gasteiger charge is -2.23. The van der Waals surface area contributed by atoms with Gasteiger partial charge in [-0.1, -0.05) is 0 Å². The molecule has 0 saturated carbocycles. The SMILES string of the molecule is OC1CCO[CH]([AlH2])C1. The molecule has 3 heteroatoms. The summed E-state index contributed by atoms with van der Waals surface area (Å²) in [7, 11) is 0. The zero-order valence-electron chi connectivity index (χ0n) is 5.13. The molecule has 2 unspecified atom stereocenters. The Morgan fingerprint density at radius 3 is 2.75 bits per heavy atom. The van der Waals surface area contributed by atoms with Crippen LogP contribution in [0.5, 0.6) is 0 Å². The summed E-state index contributed by atoms with van der Waals surface area (Å²) >= 11 is 1.06. The third kappa shape index (κ3) is 1.76. The van der Waals surface area contributed by atoms with Crippen LogP contribution in [-0.4, -0.2) is 39.1 Å². The Hall–Kier alpha value is 0.452. The van der Waals surface area contributed by atoms with E-state index in [4.69, 9.17) is 9.84 Å². The third-order valence-corrected chi connectivity index (χ3v) is 2.26. The summed E-state index contributed by atoms with van der Waals surface area (Å²) in [5.41, 5.74) is 0. The van der Waals surface area contributed by atoms with Crippen LogP contribution in [0.3, 0.4) is 0 Å². The molecular weight excluding hydrogens is 119 g/mol. The van der Waals surface area contributed by atoms with Gasteiger partial charge in [0.15, 0.2) is 0 Å². The fourth-order valence-corrected chi connectivity index (χ4v) is 1.75. The molecule has 46 valence electrons. The molecule has 1 fully saturated rings. The number of rotatable bonds is 0. The van der Waals surface area contributed by atoms with Crippen LogP contribution in [0.2, 0.25) is 0 Å². The van der Waals surface area contributed by atoms with Gasteiger partial charge in [0.1, 0.15) is 0 Å². The Bertz CT molecular complexity index is 68.8. The van der Waals surface area contributed by atoms with E-state index < -0.39 is 0 Å². The highest BCUT2D eigenvalue weighted by atomic mass is 27.0. The first-order chi connectivity index (χ1) is 3.79. The van der Waals surface area contributed by atoms with Crippen LogP contribution >= 0.6 is 0 Å². The second kappa shape index (κ2) is 2.84. The van der Waals surface area contributed by atoms with E-state index >= 15 is 0 Å². The molecule has 1 N–H and O–H groups in total. The molecule has 0 radical (unpaired) electrons. The lowest BCUT2D eigenvalue weighted by molar-refractivity contribution is -0.00631. The van der Waals surface area contributed by atoms with Gasteiger partial charge in [-0.3, -0.25) is 0 Å². The van der Waals surface area contributed by atoms with Gasteiger partial charge in [-0.25, -0.2) is 0 Å². The van der Waals surface area contributed by atoms with E-state index in [1.54, 1.807) is 0 Å². The Kier molecular flexibility index (Phi) is 2.33. The van der Waals surface area contributed by atoms with Crippen molar-refractivity contribution in [1.82, 2.24) is 0 Å². The maximum Gasteiger partial charge on any atom is 0.259 e. The number of aliphatic hydroxyl groups excluding tert-OH is 1. The third-order valence-electron chi connectivity index (χ3n) is 1.46. The normalized spacial score (nSPS) is 39.6. The van der Waals surface area contributed by atoms with Crippen LogP contribution in [-0.2, 0) is 4.74 Å². The van der Waals surface area contributed by atoms with Crippen molar-refractivity contribution in [2.75, 3.05) is 6.61 Å². The molecule has 0 aromatic rings. The van der Waals surface area contributed by atoms with E-state index in [1.165, 1.54) is 0 Å². The Morgan fingerprint density at radius 1 is 1.62 bits per heavy atom. The number of ether oxygens (including phenoxy) is 1. The molecule has 0 spiro atoms. The average molecular weight is 130 g/mol. The molecule has 1 rings (SSSR count). The fourth-order valence-electron chi connectivity index (χ4n) is 0.974. The van der Waals surface area contributed by atoms with Gasteiger partial charge in [0, 0.05) is 11.6 Å². The minimum absolute atomic E-state index is 0.0775. The minimum atomic E-state index is -0.0775. The number of hydrogen-bond donors (Lipinski definition) is 1. The molecule has 2 atom stereocenters. The molecule has 2 nitrogen and oxygen atoms in total. The van der Waals surface area contributed by atoms with Crippen molar-refractivity contribution in [2.24, 2.45) is 0 Å². The van der Waals surface area contributed by atoms with Crippen molar-refractivity contribution in [3.8, 4) is 0 Å². The van der Waals surface area contributed by atoms with Crippen molar-refractivity contribution < 1.29 is 9.84 Å². The molecule has 0 aromatic heterocycles. The standard InChI is InChI=1S/C5H9O2.Al.2H/c6-5-1-3-7-4-2-5;;;/h3,5-6H,1-2,4H2;;;. The van der Waals surface area contributed by atoms with Gasteiger partial charge in [0.25, 0.3) is 16.3 Å². The van der Waals surface area contributed by atoms with Crippen LogP contribution in [0, 0.1) is 0 Å². The number of aliphatic hydroxyl groups is 1. The van der Waals surface area contributed by atoms with Crippen molar-refractivity contribution in [3.05, 3.63) is 0 Å². The van der Waals surface area contributed by atoms with E-state index in [0.717, 1.165) is 35.7 Å². The van der Waals surface area contributed by atoms with Crippen molar-refractivity contribution in [1.29, 1.82) is 0 Å². The summed E-state index contributed by atoms with van der Waals surface area (Å²) in [4.78, 5) is 0.402. The second-order valence-corrected chi connectivity index (χ2v) is 3.65. The zero-order chi connectivity index (χ0) is 5.98. The van der Waals surface area contributed by atoms with Crippen LogP contribution < -0.4 is 0 Å². The topological polar surface area (TPSA) is 29.5 Å². The molecule has 1 saturated heterocycles. The number of hydrogen-bond acceptors (Lipinski definition) is 2. The molecule has 1 heterocycles. The molecule has 8 heavy (non-hydrogen) atoms. The predicted molar refractivity (Wildman–Crippen MR) is 33.5 cm³/mol. The van der Waals surface area contributed by atoms with Crippen molar-refractivity contribution in [2.45, 2.75) is 23.9 Å². The second-order valence-electron chi connectivity index (χ2n) is 2.36. The van der Waals surface area contributed by atoms with Gasteiger partial charge in [-0.05, 0) is 12.8 Å². The van der Waals surface area contributed by atoms with Crippen molar-refractivity contribution in [3.63, 3.8) is 0 Å². The molecular formula is C5H11AlO2. The first-order valence-electron chi connectivity index (χ1n) is 3.08. The monoisotopic (exact) mass is 130 g/mol. The van der Waals surface area contributed by atoms with E-state index in [2.05, 4.69) is 0 Å². The summed E-state index contributed by atoms with van der Waals surface area (Å²) in [5.74, 6) is 0. The highest BCUT2D eigenvalue weighted by Crippen LogP contribution is 2.09. The molecule has 0 amide bonds. The average Bonchev–Trinajstić information content (AvgIpc) is 1.64. The molecule has 1 aliphatic heterocycles. The molecule has 0 aliphatic carbocycles.